The minimum absolute atomic E-state index is 0.150. The van der Waals surface area contributed by atoms with Gasteiger partial charge >= 0.3 is 5.97 Å². The Bertz CT molecular complexity index is 634. The van der Waals surface area contributed by atoms with Crippen LogP contribution in [0.5, 0.6) is 0 Å². The molecule has 0 aromatic heterocycles. The highest BCUT2D eigenvalue weighted by Crippen LogP contribution is 2.28. The number of sulfonamides is 1. The van der Waals surface area contributed by atoms with Gasteiger partial charge in [0, 0.05) is 0 Å². The number of hydrogen-bond acceptors (Lipinski definition) is 3. The molecule has 0 bridgehead atoms. The lowest BCUT2D eigenvalue weighted by Crippen LogP contribution is -2.24. The zero-order valence-electron chi connectivity index (χ0n) is 8.78. The van der Waals surface area contributed by atoms with Crippen molar-refractivity contribution in [3.8, 4) is 12.3 Å². The molecule has 2 N–H and O–H groups in total. The Morgan fingerprint density at radius 3 is 2.50 bits per heavy atom. The van der Waals surface area contributed by atoms with Gasteiger partial charge in [-0.1, -0.05) is 29.1 Å². The van der Waals surface area contributed by atoms with Crippen LogP contribution in [0.1, 0.15) is 10.4 Å². The van der Waals surface area contributed by atoms with Gasteiger partial charge in [-0.05, 0) is 12.1 Å². The molecule has 1 rings (SSSR count). The Morgan fingerprint density at radius 2 is 2.00 bits per heavy atom. The van der Waals surface area contributed by atoms with E-state index in [4.69, 9.17) is 34.7 Å². The summed E-state index contributed by atoms with van der Waals surface area (Å²) in [5, 5.41) is 8.51. The topological polar surface area (TPSA) is 83.5 Å². The first kappa shape index (κ1) is 14.8. The van der Waals surface area contributed by atoms with Gasteiger partial charge in [-0.2, -0.15) is 4.72 Å². The predicted molar refractivity (Wildman–Crippen MR) is 67.4 cm³/mol. The molecular formula is C10H7Cl2NO4S. The maximum atomic E-state index is 11.8. The predicted octanol–water partition coefficient (Wildman–Crippen LogP) is 1.60. The van der Waals surface area contributed by atoms with Gasteiger partial charge in [0.1, 0.15) is 4.90 Å². The van der Waals surface area contributed by atoms with Crippen molar-refractivity contribution in [2.45, 2.75) is 4.90 Å². The number of carbonyl (C=O) groups is 1. The lowest BCUT2D eigenvalue weighted by molar-refractivity contribution is 0.0697. The van der Waals surface area contributed by atoms with Crippen LogP contribution in [0, 0.1) is 12.3 Å². The molecule has 0 saturated heterocycles. The number of nitrogens with one attached hydrogen (secondary N) is 1. The fraction of sp³-hybridized carbons (Fsp3) is 0.100. The molecule has 0 unspecified atom stereocenters. The van der Waals surface area contributed by atoms with E-state index in [-0.39, 0.29) is 27.0 Å². The van der Waals surface area contributed by atoms with Crippen molar-refractivity contribution in [3.05, 3.63) is 27.7 Å². The number of carboxylic acids is 1. The molecule has 0 atom stereocenters. The van der Waals surface area contributed by atoms with Crippen LogP contribution in [0.15, 0.2) is 17.0 Å². The van der Waals surface area contributed by atoms with Crippen LogP contribution in [0.2, 0.25) is 10.0 Å². The van der Waals surface area contributed by atoms with Gasteiger partial charge in [0.2, 0.25) is 10.0 Å². The number of benzene rings is 1. The third kappa shape index (κ3) is 3.15. The summed E-state index contributed by atoms with van der Waals surface area (Å²) in [7, 11) is -3.97. The van der Waals surface area contributed by atoms with Crippen molar-refractivity contribution >= 4 is 39.2 Å². The molecule has 18 heavy (non-hydrogen) atoms. The SMILES string of the molecule is C#CCNS(=O)(=O)c1cc(C(=O)O)c(Cl)cc1Cl. The van der Waals surface area contributed by atoms with Crippen LogP contribution < -0.4 is 4.72 Å². The van der Waals surface area contributed by atoms with E-state index in [1.165, 1.54) is 0 Å². The van der Waals surface area contributed by atoms with Crippen molar-refractivity contribution in [2.24, 2.45) is 0 Å². The molecule has 0 amide bonds. The van der Waals surface area contributed by atoms with E-state index >= 15 is 0 Å². The summed E-state index contributed by atoms with van der Waals surface area (Å²) in [4.78, 5) is 10.5. The van der Waals surface area contributed by atoms with Crippen LogP contribution in [-0.4, -0.2) is 26.0 Å². The average molecular weight is 308 g/mol. The van der Waals surface area contributed by atoms with Crippen molar-refractivity contribution in [1.29, 1.82) is 0 Å². The summed E-state index contributed by atoms with van der Waals surface area (Å²) in [5.41, 5.74) is -0.359. The smallest absolute Gasteiger partial charge is 0.337 e. The monoisotopic (exact) mass is 307 g/mol. The molecule has 1 aromatic carbocycles. The summed E-state index contributed by atoms with van der Waals surface area (Å²) < 4.78 is 25.6. The number of rotatable bonds is 4. The molecule has 5 nitrogen and oxygen atoms in total. The number of carboxylic acid groups (broad SMARTS) is 1. The minimum Gasteiger partial charge on any atom is -0.478 e. The Morgan fingerprint density at radius 1 is 1.39 bits per heavy atom. The van der Waals surface area contributed by atoms with Crippen LogP contribution in [0.4, 0.5) is 0 Å². The molecule has 1 aromatic rings. The first-order valence-corrected chi connectivity index (χ1v) is 6.69. The molecule has 0 fully saturated rings. The molecular weight excluding hydrogens is 301 g/mol. The van der Waals surface area contributed by atoms with E-state index in [1.54, 1.807) is 0 Å². The zero-order chi connectivity index (χ0) is 13.9. The van der Waals surface area contributed by atoms with Gasteiger partial charge in [0.05, 0.1) is 22.2 Å². The third-order valence-corrected chi connectivity index (χ3v) is 4.08. The van der Waals surface area contributed by atoms with Crippen molar-refractivity contribution in [3.63, 3.8) is 0 Å². The molecule has 0 aliphatic heterocycles. The van der Waals surface area contributed by atoms with Gasteiger partial charge in [-0.3, -0.25) is 0 Å². The summed E-state index contributed by atoms with van der Waals surface area (Å²) in [6, 6.07) is 1.93. The van der Waals surface area contributed by atoms with Crippen LogP contribution in [0.3, 0.4) is 0 Å². The highest BCUT2D eigenvalue weighted by molar-refractivity contribution is 7.89. The van der Waals surface area contributed by atoms with Gasteiger partial charge in [-0.25, -0.2) is 13.2 Å². The number of halogens is 2. The Kier molecular flexibility index (Phi) is 4.59. The van der Waals surface area contributed by atoms with Crippen LogP contribution in [0.25, 0.3) is 0 Å². The fourth-order valence-electron chi connectivity index (χ4n) is 1.11. The molecule has 0 saturated carbocycles. The zero-order valence-corrected chi connectivity index (χ0v) is 11.1. The summed E-state index contributed by atoms with van der Waals surface area (Å²) in [6.45, 7) is -0.232. The molecule has 0 aliphatic carbocycles. The molecule has 0 aliphatic rings. The van der Waals surface area contributed by atoms with Gasteiger partial charge in [0.15, 0.2) is 0 Å². The van der Waals surface area contributed by atoms with Gasteiger partial charge in [-0.15, -0.1) is 6.42 Å². The molecule has 0 heterocycles. The van der Waals surface area contributed by atoms with E-state index in [9.17, 15) is 13.2 Å². The highest BCUT2D eigenvalue weighted by atomic mass is 35.5. The van der Waals surface area contributed by atoms with Crippen molar-refractivity contribution in [1.82, 2.24) is 4.72 Å². The minimum atomic E-state index is -3.97. The van der Waals surface area contributed by atoms with Crippen molar-refractivity contribution < 1.29 is 18.3 Å². The van der Waals surface area contributed by atoms with Gasteiger partial charge in [0.25, 0.3) is 0 Å². The first-order chi connectivity index (χ1) is 8.29. The number of hydrogen-bond donors (Lipinski definition) is 2. The molecule has 0 spiro atoms. The van der Waals surface area contributed by atoms with Crippen LogP contribution >= 0.6 is 23.2 Å². The fourth-order valence-corrected chi connectivity index (χ4v) is 2.90. The van der Waals surface area contributed by atoms with E-state index in [0.29, 0.717) is 0 Å². The van der Waals surface area contributed by atoms with Crippen LogP contribution in [-0.2, 0) is 10.0 Å². The number of terminal acetylenes is 1. The lowest BCUT2D eigenvalue weighted by Gasteiger charge is -2.08. The summed E-state index contributed by atoms with van der Waals surface area (Å²) in [5.74, 6) is 0.730. The second kappa shape index (κ2) is 5.59. The highest BCUT2D eigenvalue weighted by Gasteiger charge is 2.21. The molecule has 96 valence electrons. The average Bonchev–Trinajstić information content (AvgIpc) is 2.25. The Balaban J connectivity index is 3.38. The number of aromatic carboxylic acids is 1. The summed E-state index contributed by atoms with van der Waals surface area (Å²) in [6.07, 6.45) is 4.93. The normalized spacial score (nSPS) is 10.9. The molecule has 8 heteroatoms. The maximum Gasteiger partial charge on any atom is 0.337 e. The Labute approximate surface area is 114 Å². The summed E-state index contributed by atoms with van der Waals surface area (Å²) >= 11 is 11.4. The Hall–Kier alpha value is -1.26. The van der Waals surface area contributed by atoms with E-state index in [1.807, 2.05) is 0 Å². The second-order valence-electron chi connectivity index (χ2n) is 3.10. The van der Waals surface area contributed by atoms with E-state index < -0.39 is 16.0 Å². The second-order valence-corrected chi connectivity index (χ2v) is 5.65. The maximum absolute atomic E-state index is 11.8. The lowest BCUT2D eigenvalue weighted by atomic mass is 10.2. The largest absolute Gasteiger partial charge is 0.478 e. The van der Waals surface area contributed by atoms with Crippen molar-refractivity contribution in [2.75, 3.05) is 6.54 Å². The standard InChI is InChI=1S/C10H7Cl2NO4S/c1-2-3-13-18(16,17)9-4-6(10(14)15)7(11)5-8(9)12/h1,4-5,13H,3H2,(H,14,15). The molecule has 0 radical (unpaired) electrons. The quantitative estimate of drug-likeness (QED) is 0.828. The van der Waals surface area contributed by atoms with Gasteiger partial charge < -0.3 is 5.11 Å². The third-order valence-electron chi connectivity index (χ3n) is 1.91. The first-order valence-electron chi connectivity index (χ1n) is 4.45. The van der Waals surface area contributed by atoms with E-state index in [0.717, 1.165) is 12.1 Å². The van der Waals surface area contributed by atoms with E-state index in [2.05, 4.69) is 10.6 Å².